The van der Waals surface area contributed by atoms with Crippen LogP contribution < -0.4 is 5.32 Å². The number of nitrogens with zero attached hydrogens (tertiary/aromatic N) is 1. The molecule has 6 heteroatoms. The first-order valence-corrected chi connectivity index (χ1v) is 7.46. The van der Waals surface area contributed by atoms with Gasteiger partial charge in [0, 0.05) is 30.9 Å². The highest BCUT2D eigenvalue weighted by molar-refractivity contribution is 9.10. The highest BCUT2D eigenvalue weighted by atomic mass is 79.9. The molecule has 1 amide bonds. The van der Waals surface area contributed by atoms with Crippen LogP contribution in [0.3, 0.4) is 0 Å². The highest BCUT2D eigenvalue weighted by Crippen LogP contribution is 2.29. The summed E-state index contributed by atoms with van der Waals surface area (Å²) in [6.07, 6.45) is 1.52. The molecule has 1 aromatic rings. The topological polar surface area (TPSA) is 71.5 Å². The molecule has 2 N–H and O–H groups in total. The fourth-order valence-electron chi connectivity index (χ4n) is 2.25. The van der Waals surface area contributed by atoms with Crippen molar-refractivity contribution in [1.82, 2.24) is 10.3 Å². The number of pyridine rings is 1. The van der Waals surface area contributed by atoms with E-state index >= 15 is 0 Å². The van der Waals surface area contributed by atoms with Crippen LogP contribution >= 0.6 is 15.9 Å². The quantitative estimate of drug-likeness (QED) is 0.816. The van der Waals surface area contributed by atoms with Gasteiger partial charge in [0.15, 0.2) is 0 Å². The van der Waals surface area contributed by atoms with E-state index in [4.69, 9.17) is 4.74 Å². The van der Waals surface area contributed by atoms with Crippen molar-refractivity contribution in [3.05, 3.63) is 28.0 Å². The Bertz CT molecular complexity index is 487. The maximum absolute atomic E-state index is 12.2. The predicted octanol–water partition coefficient (Wildman–Crippen LogP) is 1.67. The van der Waals surface area contributed by atoms with E-state index in [1.165, 1.54) is 0 Å². The molecule has 2 heterocycles. The van der Waals surface area contributed by atoms with Crippen molar-refractivity contribution in [1.29, 1.82) is 0 Å². The molecule has 0 bridgehead atoms. The maximum Gasteiger partial charge on any atom is 0.254 e. The van der Waals surface area contributed by atoms with Crippen molar-refractivity contribution in [2.24, 2.45) is 5.41 Å². The van der Waals surface area contributed by atoms with Crippen LogP contribution in [0.25, 0.3) is 0 Å². The van der Waals surface area contributed by atoms with Crippen LogP contribution in [0.4, 0.5) is 0 Å². The molecule has 1 aromatic heterocycles. The summed E-state index contributed by atoms with van der Waals surface area (Å²) in [6.45, 7) is 3.64. The Labute approximate surface area is 126 Å². The van der Waals surface area contributed by atoms with Crippen LogP contribution in [0.1, 0.15) is 28.9 Å². The summed E-state index contributed by atoms with van der Waals surface area (Å²) >= 11 is 3.30. The van der Waals surface area contributed by atoms with Crippen LogP contribution in [0.5, 0.6) is 0 Å². The lowest BCUT2D eigenvalue weighted by molar-refractivity contribution is -0.0146. The normalized spacial score (nSPS) is 17.8. The molecule has 0 radical (unpaired) electrons. The van der Waals surface area contributed by atoms with Gasteiger partial charge in [-0.2, -0.15) is 0 Å². The minimum Gasteiger partial charge on any atom is -0.396 e. The van der Waals surface area contributed by atoms with Gasteiger partial charge in [-0.25, -0.2) is 4.98 Å². The summed E-state index contributed by atoms with van der Waals surface area (Å²) < 4.78 is 5.85. The summed E-state index contributed by atoms with van der Waals surface area (Å²) in [5, 5.41) is 12.5. The van der Waals surface area contributed by atoms with E-state index in [0.717, 1.165) is 18.5 Å². The summed E-state index contributed by atoms with van der Waals surface area (Å²) in [6, 6.07) is 3.55. The van der Waals surface area contributed by atoms with E-state index in [-0.39, 0.29) is 17.9 Å². The Morgan fingerprint density at radius 3 is 2.80 bits per heavy atom. The zero-order valence-corrected chi connectivity index (χ0v) is 13.1. The van der Waals surface area contributed by atoms with Crippen LogP contribution in [-0.4, -0.2) is 42.4 Å². The molecule has 1 aliphatic heterocycles. The van der Waals surface area contributed by atoms with Gasteiger partial charge in [-0.3, -0.25) is 4.79 Å². The van der Waals surface area contributed by atoms with Crippen molar-refractivity contribution in [3.63, 3.8) is 0 Å². The molecule has 0 aromatic carbocycles. The molecule has 0 aliphatic carbocycles. The molecule has 110 valence electrons. The van der Waals surface area contributed by atoms with Gasteiger partial charge in [0.2, 0.25) is 0 Å². The van der Waals surface area contributed by atoms with Gasteiger partial charge in [-0.1, -0.05) is 0 Å². The third-order valence-electron chi connectivity index (χ3n) is 3.75. The molecule has 5 nitrogen and oxygen atoms in total. The molecule has 0 atom stereocenters. The average Bonchev–Trinajstić information content (AvgIpc) is 2.46. The Hall–Kier alpha value is -0.980. The second kappa shape index (κ2) is 6.65. The van der Waals surface area contributed by atoms with Gasteiger partial charge in [0.05, 0.1) is 12.2 Å². The zero-order chi connectivity index (χ0) is 14.6. The predicted molar refractivity (Wildman–Crippen MR) is 78.6 cm³/mol. The van der Waals surface area contributed by atoms with Crippen molar-refractivity contribution in [2.75, 3.05) is 26.4 Å². The number of halogens is 1. The third-order valence-corrected chi connectivity index (χ3v) is 4.35. The number of carbonyl (C=O) groups is 1. The number of aryl methyl sites for hydroxylation is 1. The number of rotatable bonds is 4. The molecule has 1 saturated heterocycles. The fourth-order valence-corrected chi connectivity index (χ4v) is 2.84. The first-order valence-electron chi connectivity index (χ1n) is 6.66. The molecular formula is C14H19BrN2O3. The number of hydrogen-bond donors (Lipinski definition) is 2. The van der Waals surface area contributed by atoms with Gasteiger partial charge >= 0.3 is 0 Å². The van der Waals surface area contributed by atoms with Gasteiger partial charge in [-0.05, 0) is 47.8 Å². The monoisotopic (exact) mass is 342 g/mol. The van der Waals surface area contributed by atoms with Crippen molar-refractivity contribution < 1.29 is 14.6 Å². The lowest BCUT2D eigenvalue weighted by atomic mass is 9.81. The van der Waals surface area contributed by atoms with Gasteiger partial charge in [0.25, 0.3) is 5.91 Å². The molecular weight excluding hydrogens is 324 g/mol. The second-order valence-corrected chi connectivity index (χ2v) is 6.00. The van der Waals surface area contributed by atoms with Crippen LogP contribution in [-0.2, 0) is 4.74 Å². The fraction of sp³-hybridized carbons (Fsp3) is 0.571. The van der Waals surface area contributed by atoms with Crippen molar-refractivity contribution >= 4 is 21.8 Å². The van der Waals surface area contributed by atoms with Crippen LogP contribution in [0.15, 0.2) is 16.7 Å². The smallest absolute Gasteiger partial charge is 0.254 e. The average molecular weight is 343 g/mol. The van der Waals surface area contributed by atoms with E-state index in [1.807, 2.05) is 6.92 Å². The van der Waals surface area contributed by atoms with E-state index in [0.29, 0.717) is 29.9 Å². The minimum absolute atomic E-state index is 0.0595. The number of nitrogens with one attached hydrogen (secondary N) is 1. The number of ether oxygens (including phenoxy) is 1. The number of carbonyl (C=O) groups excluding carboxylic acids is 1. The number of aromatic nitrogens is 1. The van der Waals surface area contributed by atoms with Gasteiger partial charge < -0.3 is 15.2 Å². The van der Waals surface area contributed by atoms with E-state index < -0.39 is 0 Å². The van der Waals surface area contributed by atoms with E-state index in [2.05, 4.69) is 26.2 Å². The Morgan fingerprint density at radius 1 is 1.50 bits per heavy atom. The summed E-state index contributed by atoms with van der Waals surface area (Å²) in [5.41, 5.74) is 1.10. The standard InChI is InChI=1S/C14H19BrN2O3/c1-10-2-3-11(12(15)17-10)13(19)16-8-14(9-18)4-6-20-7-5-14/h2-3,18H,4-9H2,1H3,(H,16,19). The SMILES string of the molecule is Cc1ccc(C(=O)NCC2(CO)CCOCC2)c(Br)n1. The second-order valence-electron chi connectivity index (χ2n) is 5.24. The minimum atomic E-state index is -0.265. The molecule has 2 rings (SSSR count). The lowest BCUT2D eigenvalue weighted by Gasteiger charge is -2.35. The van der Waals surface area contributed by atoms with Crippen LogP contribution in [0, 0.1) is 12.3 Å². The van der Waals surface area contributed by atoms with Crippen molar-refractivity contribution in [2.45, 2.75) is 19.8 Å². The Balaban J connectivity index is 2.00. The molecule has 0 unspecified atom stereocenters. The first kappa shape index (κ1) is 15.4. The Morgan fingerprint density at radius 2 is 2.20 bits per heavy atom. The van der Waals surface area contributed by atoms with Gasteiger partial charge in [-0.15, -0.1) is 0 Å². The molecule has 1 fully saturated rings. The summed E-state index contributed by atoms with van der Waals surface area (Å²) in [4.78, 5) is 16.4. The number of hydrogen-bond acceptors (Lipinski definition) is 4. The number of aliphatic hydroxyl groups excluding tert-OH is 1. The van der Waals surface area contributed by atoms with Gasteiger partial charge in [0.1, 0.15) is 4.60 Å². The number of aliphatic hydroxyl groups is 1. The molecule has 20 heavy (non-hydrogen) atoms. The van der Waals surface area contributed by atoms with E-state index in [1.54, 1.807) is 12.1 Å². The lowest BCUT2D eigenvalue weighted by Crippen LogP contribution is -2.43. The zero-order valence-electron chi connectivity index (χ0n) is 11.5. The first-order chi connectivity index (χ1) is 9.56. The molecule has 1 aliphatic rings. The number of amides is 1. The molecule has 0 saturated carbocycles. The third kappa shape index (κ3) is 3.56. The largest absolute Gasteiger partial charge is 0.396 e. The van der Waals surface area contributed by atoms with E-state index in [9.17, 15) is 9.90 Å². The summed E-state index contributed by atoms with van der Waals surface area (Å²) in [7, 11) is 0. The van der Waals surface area contributed by atoms with Crippen molar-refractivity contribution in [3.8, 4) is 0 Å². The Kier molecular flexibility index (Phi) is 5.12. The maximum atomic E-state index is 12.2. The summed E-state index contributed by atoms with van der Waals surface area (Å²) in [5.74, 6) is -0.177. The van der Waals surface area contributed by atoms with Crippen LogP contribution in [0.2, 0.25) is 0 Å². The highest BCUT2D eigenvalue weighted by Gasteiger charge is 2.32. The molecule has 0 spiro atoms.